The summed E-state index contributed by atoms with van der Waals surface area (Å²) in [5.74, 6) is 0.648. The molecule has 2 atom stereocenters. The summed E-state index contributed by atoms with van der Waals surface area (Å²) in [6.07, 6.45) is 6.82. The topological polar surface area (TPSA) is 67.4 Å². The van der Waals surface area contributed by atoms with E-state index in [2.05, 4.69) is 40.4 Å². The molecule has 0 aromatic heterocycles. The molecular weight excluding hydrogens is 324 g/mol. The lowest BCUT2D eigenvalue weighted by Crippen LogP contribution is -2.46. The van der Waals surface area contributed by atoms with E-state index in [4.69, 9.17) is 4.74 Å². The molecule has 3 rings (SSSR count). The summed E-state index contributed by atoms with van der Waals surface area (Å²) < 4.78 is 31.7. The monoisotopic (exact) mass is 352 g/mol. The van der Waals surface area contributed by atoms with Crippen LogP contribution in [0.15, 0.2) is 30.3 Å². The average Bonchev–Trinajstić information content (AvgIpc) is 2.99. The van der Waals surface area contributed by atoms with Gasteiger partial charge in [0.25, 0.3) is 0 Å². The van der Waals surface area contributed by atoms with Crippen LogP contribution in [0.4, 0.5) is 0 Å². The van der Waals surface area contributed by atoms with Crippen molar-refractivity contribution in [2.24, 2.45) is 0 Å². The third-order valence-electron chi connectivity index (χ3n) is 5.17. The Bertz CT molecular complexity index is 612. The van der Waals surface area contributed by atoms with Gasteiger partial charge in [-0.15, -0.1) is 0 Å². The molecule has 6 heteroatoms. The van der Waals surface area contributed by atoms with Gasteiger partial charge in [0.1, 0.15) is 0 Å². The van der Waals surface area contributed by atoms with E-state index in [-0.39, 0.29) is 12.1 Å². The van der Waals surface area contributed by atoms with Gasteiger partial charge in [-0.1, -0.05) is 30.3 Å². The van der Waals surface area contributed by atoms with Gasteiger partial charge in [-0.2, -0.15) is 0 Å². The summed E-state index contributed by atoms with van der Waals surface area (Å²) in [4.78, 5) is 0. The number of benzene rings is 1. The van der Waals surface area contributed by atoms with E-state index >= 15 is 0 Å². The largest absolute Gasteiger partial charge is 0.377 e. The highest BCUT2D eigenvalue weighted by molar-refractivity contribution is 7.88. The fourth-order valence-electron chi connectivity index (χ4n) is 3.89. The molecule has 2 fully saturated rings. The lowest BCUT2D eigenvalue weighted by Gasteiger charge is -2.30. The summed E-state index contributed by atoms with van der Waals surface area (Å²) in [6.45, 7) is 1.41. The fraction of sp³-hybridized carbons (Fsp3) is 0.667. The van der Waals surface area contributed by atoms with Gasteiger partial charge in [0.2, 0.25) is 10.0 Å². The van der Waals surface area contributed by atoms with Gasteiger partial charge >= 0.3 is 0 Å². The van der Waals surface area contributed by atoms with E-state index < -0.39 is 10.0 Å². The standard InChI is InChI=1S/C18H28N2O3S/c1-24(21,22)20-17-11-12-19-18(17)13-23-16-9-7-15(8-10-16)14-5-3-2-4-6-14/h2-6,15-20H,7-13H2,1H3/t15?,16?,17?,18-/m0/s1. The second kappa shape index (κ2) is 7.95. The molecule has 1 aliphatic heterocycles. The predicted molar refractivity (Wildman–Crippen MR) is 95.6 cm³/mol. The minimum absolute atomic E-state index is 0.0549. The van der Waals surface area contributed by atoms with E-state index in [1.807, 2.05) is 0 Å². The van der Waals surface area contributed by atoms with Crippen LogP contribution in [0, 0.1) is 0 Å². The van der Waals surface area contributed by atoms with Gasteiger partial charge in [0.05, 0.1) is 19.0 Å². The third kappa shape index (κ3) is 5.02. The second-order valence-electron chi connectivity index (χ2n) is 7.06. The molecule has 0 bridgehead atoms. The van der Waals surface area contributed by atoms with Gasteiger partial charge in [-0.05, 0) is 50.1 Å². The first-order valence-corrected chi connectivity index (χ1v) is 10.8. The smallest absolute Gasteiger partial charge is 0.209 e. The molecule has 1 unspecified atom stereocenters. The molecule has 0 amide bonds. The van der Waals surface area contributed by atoms with Crippen LogP contribution < -0.4 is 10.0 Å². The van der Waals surface area contributed by atoms with Crippen molar-refractivity contribution in [3.63, 3.8) is 0 Å². The molecule has 0 spiro atoms. The first-order valence-electron chi connectivity index (χ1n) is 8.88. The van der Waals surface area contributed by atoms with Crippen molar-refractivity contribution in [2.45, 2.75) is 56.2 Å². The highest BCUT2D eigenvalue weighted by atomic mass is 32.2. The maximum absolute atomic E-state index is 11.4. The average molecular weight is 353 g/mol. The molecule has 0 radical (unpaired) electrons. The van der Waals surface area contributed by atoms with Crippen LogP contribution in [0.5, 0.6) is 0 Å². The molecule has 5 nitrogen and oxygen atoms in total. The number of nitrogens with one attached hydrogen (secondary N) is 2. The SMILES string of the molecule is CS(=O)(=O)NC1CCN[C@H]1COC1CCC(c2ccccc2)CC1. The number of hydrogen-bond donors (Lipinski definition) is 2. The molecule has 1 aromatic rings. The first-order chi connectivity index (χ1) is 11.5. The molecule has 2 N–H and O–H groups in total. The van der Waals surface area contributed by atoms with Crippen LogP contribution in [0.1, 0.15) is 43.6 Å². The minimum Gasteiger partial charge on any atom is -0.377 e. The van der Waals surface area contributed by atoms with E-state index in [0.717, 1.165) is 38.6 Å². The van der Waals surface area contributed by atoms with Crippen molar-refractivity contribution >= 4 is 10.0 Å². The van der Waals surface area contributed by atoms with Crippen LogP contribution in [0.2, 0.25) is 0 Å². The molecule has 2 aliphatic rings. The van der Waals surface area contributed by atoms with Gasteiger partial charge in [-0.25, -0.2) is 13.1 Å². The van der Waals surface area contributed by atoms with E-state index in [1.165, 1.54) is 11.8 Å². The Labute approximate surface area is 145 Å². The highest BCUT2D eigenvalue weighted by Crippen LogP contribution is 2.34. The fourth-order valence-corrected chi connectivity index (χ4v) is 4.72. The minimum atomic E-state index is -3.17. The molecule has 1 aliphatic carbocycles. The zero-order valence-corrected chi connectivity index (χ0v) is 15.1. The number of hydrogen-bond acceptors (Lipinski definition) is 4. The van der Waals surface area contributed by atoms with Crippen molar-refractivity contribution in [3.8, 4) is 0 Å². The third-order valence-corrected chi connectivity index (χ3v) is 5.90. The van der Waals surface area contributed by atoms with Crippen molar-refractivity contribution < 1.29 is 13.2 Å². The van der Waals surface area contributed by atoms with E-state index in [9.17, 15) is 8.42 Å². The van der Waals surface area contributed by atoms with Crippen LogP contribution >= 0.6 is 0 Å². The Morgan fingerprint density at radius 1 is 1.12 bits per heavy atom. The Morgan fingerprint density at radius 3 is 2.50 bits per heavy atom. The summed E-state index contributed by atoms with van der Waals surface area (Å²) in [5.41, 5.74) is 1.44. The van der Waals surface area contributed by atoms with Crippen LogP contribution in [0.25, 0.3) is 0 Å². The Balaban J connectivity index is 1.43. The van der Waals surface area contributed by atoms with Gasteiger partial charge in [0, 0.05) is 12.1 Å². The molecule has 1 aromatic carbocycles. The van der Waals surface area contributed by atoms with Crippen LogP contribution in [-0.4, -0.2) is 46.0 Å². The Hall–Kier alpha value is -0.950. The summed E-state index contributed by atoms with van der Waals surface area (Å²) in [5, 5.41) is 3.35. The number of ether oxygens (including phenoxy) is 1. The summed E-state index contributed by atoms with van der Waals surface area (Å²) >= 11 is 0. The Morgan fingerprint density at radius 2 is 1.83 bits per heavy atom. The second-order valence-corrected chi connectivity index (χ2v) is 8.84. The molecule has 134 valence electrons. The number of sulfonamides is 1. The Kier molecular flexibility index (Phi) is 5.92. The van der Waals surface area contributed by atoms with Gasteiger partial charge in [-0.3, -0.25) is 0 Å². The quantitative estimate of drug-likeness (QED) is 0.822. The molecule has 1 heterocycles. The molecule has 1 saturated carbocycles. The van der Waals surface area contributed by atoms with Crippen molar-refractivity contribution in [3.05, 3.63) is 35.9 Å². The highest BCUT2D eigenvalue weighted by Gasteiger charge is 2.30. The molecule has 1 saturated heterocycles. The van der Waals surface area contributed by atoms with Gasteiger partial charge < -0.3 is 10.1 Å². The predicted octanol–water partition coefficient (Wildman–Crippen LogP) is 2.01. The van der Waals surface area contributed by atoms with E-state index in [1.54, 1.807) is 0 Å². The van der Waals surface area contributed by atoms with Crippen LogP contribution in [-0.2, 0) is 14.8 Å². The maximum Gasteiger partial charge on any atom is 0.209 e. The zero-order valence-electron chi connectivity index (χ0n) is 14.3. The molecule has 24 heavy (non-hydrogen) atoms. The summed E-state index contributed by atoms with van der Waals surface area (Å²) in [6, 6.07) is 10.7. The van der Waals surface area contributed by atoms with Crippen LogP contribution in [0.3, 0.4) is 0 Å². The van der Waals surface area contributed by atoms with Crippen molar-refractivity contribution in [1.29, 1.82) is 0 Å². The normalized spacial score (nSPS) is 31.2. The lowest BCUT2D eigenvalue weighted by atomic mass is 9.83. The lowest BCUT2D eigenvalue weighted by molar-refractivity contribution is 0.0126. The maximum atomic E-state index is 11.4. The van der Waals surface area contributed by atoms with Crippen molar-refractivity contribution in [2.75, 3.05) is 19.4 Å². The summed E-state index contributed by atoms with van der Waals surface area (Å²) in [7, 11) is -3.17. The number of rotatable bonds is 6. The zero-order chi connectivity index (χ0) is 17.0. The van der Waals surface area contributed by atoms with Crippen molar-refractivity contribution in [1.82, 2.24) is 10.0 Å². The van der Waals surface area contributed by atoms with E-state index in [0.29, 0.717) is 18.6 Å². The van der Waals surface area contributed by atoms with Gasteiger partial charge in [0.15, 0.2) is 0 Å². The first kappa shape index (κ1) is 17.9. The molecular formula is C18H28N2O3S.